The Bertz CT molecular complexity index is 1540. The second kappa shape index (κ2) is 50.4. The van der Waals surface area contributed by atoms with Crippen molar-refractivity contribution in [3.8, 4) is 0 Å². The molecule has 0 saturated carbocycles. The van der Waals surface area contributed by atoms with Crippen LogP contribution in [-0.2, 0) is 38.3 Å². The summed E-state index contributed by atoms with van der Waals surface area (Å²) in [6, 6.07) is 0. The Balaban J connectivity index is 2.31. The summed E-state index contributed by atoms with van der Waals surface area (Å²) >= 11 is 0. The normalized spacial score (nSPS) is 19.3. The van der Waals surface area contributed by atoms with Gasteiger partial charge in [0.2, 0.25) is 0 Å². The highest BCUT2D eigenvalue weighted by Gasteiger charge is 2.48. The average molecular weight is 1050 g/mol. The van der Waals surface area contributed by atoms with E-state index in [0.29, 0.717) is 13.0 Å². The van der Waals surface area contributed by atoms with Crippen molar-refractivity contribution in [3.05, 3.63) is 72.9 Å². The second-order valence-electron chi connectivity index (χ2n) is 19.9. The Kier molecular flexibility index (Phi) is 47.3. The van der Waals surface area contributed by atoms with Crippen LogP contribution < -0.4 is 0 Å². The zero-order chi connectivity index (χ0) is 53.1. The third-order valence-electron chi connectivity index (χ3n) is 13.1. The molecule has 0 radical (unpaired) electrons. The minimum atomic E-state index is -5.07. The molecule has 1 fully saturated rings. The molecule has 0 spiro atoms. The van der Waals surface area contributed by atoms with Crippen molar-refractivity contribution in [3.63, 3.8) is 0 Å². The maximum absolute atomic E-state index is 13.0. The lowest BCUT2D eigenvalue weighted by Crippen LogP contribution is -2.60. The van der Waals surface area contributed by atoms with Gasteiger partial charge in [-0.05, 0) is 64.2 Å². The predicted molar refractivity (Wildman–Crippen MR) is 299 cm³/mol. The van der Waals surface area contributed by atoms with Gasteiger partial charge in [-0.2, -0.15) is 8.42 Å². The van der Waals surface area contributed by atoms with Crippen LogP contribution in [0.15, 0.2) is 72.9 Å². The second-order valence-corrected chi connectivity index (χ2v) is 20.9. The van der Waals surface area contributed by atoms with Crippen LogP contribution in [0.5, 0.6) is 0 Å². The third-order valence-corrected chi connectivity index (χ3v) is 13.6. The predicted octanol–water partition coefficient (Wildman–Crippen LogP) is 14.6. The molecule has 0 aromatic rings. The summed E-state index contributed by atoms with van der Waals surface area (Å²) in [5.41, 5.74) is 0. The van der Waals surface area contributed by atoms with Gasteiger partial charge in [0, 0.05) is 13.0 Å². The van der Waals surface area contributed by atoms with Gasteiger partial charge in [-0.3, -0.25) is 9.35 Å². The van der Waals surface area contributed by atoms with E-state index in [9.17, 15) is 33.1 Å². The first-order valence-corrected chi connectivity index (χ1v) is 30.6. The Morgan fingerprint density at radius 2 is 0.945 bits per heavy atom. The van der Waals surface area contributed by atoms with Crippen LogP contribution in [-0.4, -0.2) is 97.5 Å². The molecule has 6 atom stereocenters. The van der Waals surface area contributed by atoms with E-state index in [0.717, 1.165) is 89.9 Å². The molecule has 424 valence electrons. The smallest absolute Gasteiger partial charge is 0.397 e. The van der Waals surface area contributed by atoms with Crippen LogP contribution in [0.1, 0.15) is 239 Å². The van der Waals surface area contributed by atoms with Gasteiger partial charge in [-0.15, -0.1) is 0 Å². The lowest BCUT2D eigenvalue weighted by Gasteiger charge is -2.41. The fourth-order valence-electron chi connectivity index (χ4n) is 8.74. The molecule has 1 rings (SSSR count). The summed E-state index contributed by atoms with van der Waals surface area (Å²) in [7, 11) is -5.07. The van der Waals surface area contributed by atoms with Crippen molar-refractivity contribution < 1.29 is 56.2 Å². The summed E-state index contributed by atoms with van der Waals surface area (Å²) in [6.07, 6.45) is 57.9. The molecule has 1 aliphatic rings. The van der Waals surface area contributed by atoms with Crippen molar-refractivity contribution in [1.29, 1.82) is 0 Å². The average Bonchev–Trinajstić information content (AvgIpc) is 3.37. The fraction of sp³-hybridized carbons (Fsp3) is 0.783. The number of unbranched alkanes of at least 4 members (excludes halogenated alkanes) is 26. The lowest BCUT2D eigenvalue weighted by atomic mass is 9.99. The van der Waals surface area contributed by atoms with Crippen molar-refractivity contribution >= 4 is 16.4 Å². The summed E-state index contributed by atoms with van der Waals surface area (Å²) < 4.78 is 59.4. The minimum absolute atomic E-state index is 0.0272. The monoisotopic (exact) mass is 1050 g/mol. The molecule has 1 aliphatic heterocycles. The van der Waals surface area contributed by atoms with Gasteiger partial charge in [-0.1, -0.05) is 241 Å². The molecule has 0 aromatic heterocycles. The lowest BCUT2D eigenvalue weighted by molar-refractivity contribution is -0.301. The number of esters is 1. The van der Waals surface area contributed by atoms with Crippen LogP contribution in [0, 0.1) is 0 Å². The van der Waals surface area contributed by atoms with Crippen molar-refractivity contribution in [2.45, 2.75) is 275 Å². The molecule has 6 unspecified atom stereocenters. The van der Waals surface area contributed by atoms with Gasteiger partial charge in [0.25, 0.3) is 0 Å². The van der Waals surface area contributed by atoms with E-state index in [4.69, 9.17) is 18.9 Å². The van der Waals surface area contributed by atoms with Crippen LogP contribution in [0.4, 0.5) is 0 Å². The molecule has 0 amide bonds. The summed E-state index contributed by atoms with van der Waals surface area (Å²) in [5, 5.41) is 30.9. The largest absolute Gasteiger partial charge is 0.457 e. The molecule has 4 N–H and O–H groups in total. The van der Waals surface area contributed by atoms with E-state index >= 15 is 0 Å². The number of allylic oxidation sites excluding steroid dienone is 12. The van der Waals surface area contributed by atoms with Crippen LogP contribution in [0.25, 0.3) is 0 Å². The molecule has 1 heterocycles. The van der Waals surface area contributed by atoms with Crippen molar-refractivity contribution in [2.24, 2.45) is 0 Å². The minimum Gasteiger partial charge on any atom is -0.457 e. The first kappa shape index (κ1) is 68.6. The van der Waals surface area contributed by atoms with Crippen LogP contribution >= 0.6 is 0 Å². The van der Waals surface area contributed by atoms with Gasteiger partial charge < -0.3 is 34.3 Å². The van der Waals surface area contributed by atoms with Crippen molar-refractivity contribution in [2.75, 3.05) is 26.4 Å². The zero-order valence-electron chi connectivity index (χ0n) is 45.9. The summed E-state index contributed by atoms with van der Waals surface area (Å²) in [5.74, 6) is -0.401. The number of hydrogen-bond donors (Lipinski definition) is 4. The zero-order valence-corrected chi connectivity index (χ0v) is 46.7. The van der Waals surface area contributed by atoms with E-state index in [1.54, 1.807) is 0 Å². The van der Waals surface area contributed by atoms with Gasteiger partial charge >= 0.3 is 16.4 Å². The fourth-order valence-corrected chi connectivity index (χ4v) is 9.25. The molecular weight excluding hydrogens is 945 g/mol. The maximum atomic E-state index is 13.0. The standard InChI is InChI=1S/C60H106O12S/c1-3-5-7-9-11-13-15-17-19-21-23-25-26-27-28-29-30-32-34-36-38-40-42-44-46-48-50-68-52-54(53-69-60-58(64)59(72-73(65,66)67)57(63)55(51-61)71-60)70-56(62)49-47-45-43-41-39-37-35-33-31-24-22-20-18-16-14-12-10-8-6-4-2/h5,7,11,13,17,19,23,25,27-28,30,32,54-55,57-61,63-64H,3-4,6,8-10,12,14-16,18,20-22,24,26,29,31,33-53H2,1-2H3,(H,65,66,67)/b7-5-,13-11-,19-17-,25-23-,28-27-,32-30-. The maximum Gasteiger partial charge on any atom is 0.397 e. The van der Waals surface area contributed by atoms with E-state index < -0.39 is 59.8 Å². The highest BCUT2D eigenvalue weighted by molar-refractivity contribution is 7.80. The first-order valence-electron chi connectivity index (χ1n) is 29.2. The topological polar surface area (TPSA) is 178 Å². The van der Waals surface area contributed by atoms with Crippen LogP contribution in [0.3, 0.4) is 0 Å². The Morgan fingerprint density at radius 1 is 0.534 bits per heavy atom. The molecular formula is C60H106O12S. The number of carbonyl (C=O) groups excluding carboxylic acids is 1. The molecule has 0 bridgehead atoms. The quantitative estimate of drug-likeness (QED) is 0.0196. The number of carbonyl (C=O) groups is 1. The summed E-state index contributed by atoms with van der Waals surface area (Å²) in [4.78, 5) is 13.0. The van der Waals surface area contributed by atoms with Gasteiger partial charge in [0.1, 0.15) is 30.5 Å². The molecule has 13 heteroatoms. The third kappa shape index (κ3) is 43.4. The number of ether oxygens (including phenoxy) is 4. The molecule has 73 heavy (non-hydrogen) atoms. The first-order chi connectivity index (χ1) is 35.6. The number of aliphatic hydroxyl groups is 3. The molecule has 12 nitrogen and oxygen atoms in total. The Hall–Kier alpha value is -2.46. The molecule has 0 aromatic carbocycles. The Labute approximate surface area is 445 Å². The van der Waals surface area contributed by atoms with Crippen LogP contribution in [0.2, 0.25) is 0 Å². The summed E-state index contributed by atoms with van der Waals surface area (Å²) in [6.45, 7) is 3.88. The molecule has 1 saturated heterocycles. The number of hydrogen-bond acceptors (Lipinski definition) is 11. The van der Waals surface area contributed by atoms with E-state index in [-0.39, 0.29) is 19.6 Å². The van der Waals surface area contributed by atoms with Gasteiger partial charge in [0.05, 0.1) is 19.8 Å². The van der Waals surface area contributed by atoms with E-state index in [2.05, 4.69) is 90.9 Å². The highest BCUT2D eigenvalue weighted by atomic mass is 32.3. The number of aliphatic hydroxyl groups excluding tert-OH is 3. The molecule has 0 aliphatic carbocycles. The number of rotatable bonds is 51. The SMILES string of the molecule is CC/C=C\C/C=C\C/C=C\C/C=C\C/C=C\C/C=C\CCCCCCCCCOCC(COC1OC(CO)C(O)C(OS(=O)(=O)O)C1O)OC(=O)CCCCCCCCCCCCCCCCCCCCCC. The Morgan fingerprint density at radius 3 is 1.38 bits per heavy atom. The van der Waals surface area contributed by atoms with Gasteiger partial charge in [0.15, 0.2) is 6.29 Å². The highest BCUT2D eigenvalue weighted by Crippen LogP contribution is 2.26. The van der Waals surface area contributed by atoms with Crippen molar-refractivity contribution in [1.82, 2.24) is 0 Å². The van der Waals surface area contributed by atoms with Gasteiger partial charge in [-0.25, -0.2) is 4.18 Å². The van der Waals surface area contributed by atoms with E-state index in [1.165, 1.54) is 122 Å². The van der Waals surface area contributed by atoms with E-state index in [1.807, 2.05) is 0 Å².